The Balaban J connectivity index is 3.13. The Morgan fingerprint density at radius 2 is 2.18 bits per heavy atom. The van der Waals surface area contributed by atoms with E-state index >= 15 is 0 Å². The van der Waals surface area contributed by atoms with Crippen molar-refractivity contribution in [2.45, 2.75) is 4.90 Å². The number of methoxy groups -OCH3 is 1. The summed E-state index contributed by atoms with van der Waals surface area (Å²) in [6.07, 6.45) is 1.82. The van der Waals surface area contributed by atoms with Gasteiger partial charge in [-0.3, -0.25) is 0 Å². The number of thioether (sulfide) groups is 1. The highest BCUT2D eigenvalue weighted by molar-refractivity contribution is 7.98. The van der Waals surface area contributed by atoms with Crippen molar-refractivity contribution in [2.24, 2.45) is 0 Å². The highest BCUT2D eigenvalue weighted by Crippen LogP contribution is 2.29. The molecule has 0 aliphatic heterocycles. The summed E-state index contributed by atoms with van der Waals surface area (Å²) in [4.78, 5) is 0.565. The Morgan fingerprint density at radius 1 is 1.45 bits per heavy atom. The van der Waals surface area contributed by atoms with Crippen LogP contribution in [-0.4, -0.2) is 13.4 Å². The average molecular weight is 172 g/mol. The third-order valence-electron chi connectivity index (χ3n) is 1.35. The Morgan fingerprint density at radius 3 is 2.64 bits per heavy atom. The van der Waals surface area contributed by atoms with Gasteiger partial charge in [-0.05, 0) is 18.4 Å². The lowest BCUT2D eigenvalue weighted by Gasteiger charge is -2.05. The van der Waals surface area contributed by atoms with Crippen LogP contribution >= 0.6 is 11.8 Å². The quantitative estimate of drug-likeness (QED) is 0.634. The summed E-state index contributed by atoms with van der Waals surface area (Å²) in [5.74, 6) is 0.370. The first-order valence-corrected chi connectivity index (χ1v) is 4.38. The van der Waals surface area contributed by atoms with Crippen LogP contribution in [0.3, 0.4) is 0 Å². The largest absolute Gasteiger partial charge is 0.495 e. The van der Waals surface area contributed by atoms with Gasteiger partial charge in [-0.25, -0.2) is 4.39 Å². The molecule has 1 rings (SSSR count). The lowest BCUT2D eigenvalue weighted by atomic mass is 10.3. The summed E-state index contributed by atoms with van der Waals surface area (Å²) in [6, 6.07) is 4.80. The van der Waals surface area contributed by atoms with Crippen LogP contribution in [0.1, 0.15) is 0 Å². The summed E-state index contributed by atoms with van der Waals surface area (Å²) < 4.78 is 17.9. The van der Waals surface area contributed by atoms with Gasteiger partial charge in [-0.15, -0.1) is 11.8 Å². The molecule has 0 N–H and O–H groups in total. The first-order chi connectivity index (χ1) is 5.29. The molecule has 0 saturated heterocycles. The van der Waals surface area contributed by atoms with Crippen LogP contribution in [0.15, 0.2) is 23.1 Å². The Labute approximate surface area is 69.6 Å². The van der Waals surface area contributed by atoms with E-state index in [2.05, 4.69) is 0 Å². The van der Waals surface area contributed by atoms with Crippen molar-refractivity contribution >= 4 is 11.8 Å². The van der Waals surface area contributed by atoms with Crippen LogP contribution in [0.4, 0.5) is 4.39 Å². The SMILES string of the molecule is COc1cccc(F)c1SC. The lowest BCUT2D eigenvalue weighted by Crippen LogP contribution is -1.88. The van der Waals surface area contributed by atoms with Gasteiger partial charge in [0, 0.05) is 0 Å². The highest BCUT2D eigenvalue weighted by atomic mass is 32.2. The zero-order chi connectivity index (χ0) is 8.27. The van der Waals surface area contributed by atoms with Crippen molar-refractivity contribution < 1.29 is 9.13 Å². The van der Waals surface area contributed by atoms with E-state index in [9.17, 15) is 4.39 Å². The number of rotatable bonds is 2. The molecule has 1 nitrogen and oxygen atoms in total. The van der Waals surface area contributed by atoms with Gasteiger partial charge >= 0.3 is 0 Å². The van der Waals surface area contributed by atoms with Crippen molar-refractivity contribution in [1.82, 2.24) is 0 Å². The molecule has 0 aromatic heterocycles. The Hall–Kier alpha value is -0.700. The molecule has 11 heavy (non-hydrogen) atoms. The molecule has 0 aliphatic rings. The van der Waals surface area contributed by atoms with Gasteiger partial charge in [0.1, 0.15) is 11.6 Å². The minimum atomic E-state index is -0.225. The Bertz CT molecular complexity index is 250. The minimum absolute atomic E-state index is 0.225. The molecular weight excluding hydrogens is 163 g/mol. The van der Waals surface area contributed by atoms with Crippen LogP contribution in [0, 0.1) is 5.82 Å². The summed E-state index contributed by atoms with van der Waals surface area (Å²) >= 11 is 1.35. The first-order valence-electron chi connectivity index (χ1n) is 3.16. The maximum atomic E-state index is 12.9. The van der Waals surface area contributed by atoms with E-state index in [1.54, 1.807) is 12.1 Å². The van der Waals surface area contributed by atoms with E-state index < -0.39 is 0 Å². The predicted octanol–water partition coefficient (Wildman–Crippen LogP) is 2.56. The lowest BCUT2D eigenvalue weighted by molar-refractivity contribution is 0.397. The maximum absolute atomic E-state index is 12.9. The number of hydrogen-bond acceptors (Lipinski definition) is 2. The third-order valence-corrected chi connectivity index (χ3v) is 2.16. The monoisotopic (exact) mass is 172 g/mol. The molecule has 3 heteroatoms. The molecule has 0 radical (unpaired) electrons. The normalized spacial score (nSPS) is 9.73. The van der Waals surface area contributed by atoms with E-state index in [0.717, 1.165) is 0 Å². The van der Waals surface area contributed by atoms with Crippen molar-refractivity contribution in [3.05, 3.63) is 24.0 Å². The number of ether oxygens (including phenoxy) is 1. The zero-order valence-electron chi connectivity index (χ0n) is 6.43. The molecule has 0 saturated carbocycles. The van der Waals surface area contributed by atoms with E-state index in [1.165, 1.54) is 24.9 Å². The van der Waals surface area contributed by atoms with Crippen molar-refractivity contribution in [2.75, 3.05) is 13.4 Å². The van der Waals surface area contributed by atoms with Crippen LogP contribution < -0.4 is 4.74 Å². The summed E-state index contributed by atoms with van der Waals surface area (Å²) in [5.41, 5.74) is 0. The van der Waals surface area contributed by atoms with Crippen molar-refractivity contribution in [3.8, 4) is 5.75 Å². The zero-order valence-corrected chi connectivity index (χ0v) is 7.24. The van der Waals surface area contributed by atoms with Gasteiger partial charge in [-0.1, -0.05) is 6.07 Å². The standard InChI is InChI=1S/C8H9FOS/c1-10-7-5-3-4-6(9)8(7)11-2/h3-5H,1-2H3. The van der Waals surface area contributed by atoms with Crippen molar-refractivity contribution in [1.29, 1.82) is 0 Å². The molecule has 0 spiro atoms. The molecule has 0 atom stereocenters. The van der Waals surface area contributed by atoms with Gasteiger partial charge < -0.3 is 4.74 Å². The molecule has 0 unspecified atom stereocenters. The van der Waals surface area contributed by atoms with E-state index in [4.69, 9.17) is 4.74 Å². The highest BCUT2D eigenvalue weighted by Gasteiger charge is 2.05. The third kappa shape index (κ3) is 1.66. The van der Waals surface area contributed by atoms with Gasteiger partial charge in [0.05, 0.1) is 12.0 Å². The Kier molecular flexibility index (Phi) is 2.76. The number of benzene rings is 1. The number of hydrogen-bond donors (Lipinski definition) is 0. The maximum Gasteiger partial charge on any atom is 0.140 e. The topological polar surface area (TPSA) is 9.23 Å². The number of halogens is 1. The molecule has 1 aromatic rings. The summed E-state index contributed by atoms with van der Waals surface area (Å²) in [6.45, 7) is 0. The fraction of sp³-hybridized carbons (Fsp3) is 0.250. The molecule has 0 bridgehead atoms. The second-order valence-electron chi connectivity index (χ2n) is 1.98. The second kappa shape index (κ2) is 3.62. The van der Waals surface area contributed by atoms with Crippen LogP contribution in [-0.2, 0) is 0 Å². The predicted molar refractivity (Wildman–Crippen MR) is 44.7 cm³/mol. The average Bonchev–Trinajstić information content (AvgIpc) is 2.04. The summed E-state index contributed by atoms with van der Waals surface area (Å²) in [5, 5.41) is 0. The van der Waals surface area contributed by atoms with Crippen LogP contribution in [0.2, 0.25) is 0 Å². The van der Waals surface area contributed by atoms with Gasteiger partial charge in [0.15, 0.2) is 0 Å². The molecule has 0 fully saturated rings. The van der Waals surface area contributed by atoms with Gasteiger partial charge in [0.25, 0.3) is 0 Å². The van der Waals surface area contributed by atoms with E-state index in [0.29, 0.717) is 10.6 Å². The molecule has 0 heterocycles. The van der Waals surface area contributed by atoms with Gasteiger partial charge in [0.2, 0.25) is 0 Å². The van der Waals surface area contributed by atoms with Crippen LogP contribution in [0.5, 0.6) is 5.75 Å². The molecular formula is C8H9FOS. The van der Waals surface area contributed by atoms with E-state index in [1.807, 2.05) is 6.26 Å². The van der Waals surface area contributed by atoms with Crippen LogP contribution in [0.25, 0.3) is 0 Å². The van der Waals surface area contributed by atoms with E-state index in [-0.39, 0.29) is 5.82 Å². The summed E-state index contributed by atoms with van der Waals surface area (Å²) in [7, 11) is 1.54. The van der Waals surface area contributed by atoms with Crippen molar-refractivity contribution in [3.63, 3.8) is 0 Å². The fourth-order valence-electron chi connectivity index (χ4n) is 0.848. The molecule has 0 aliphatic carbocycles. The smallest absolute Gasteiger partial charge is 0.140 e. The second-order valence-corrected chi connectivity index (χ2v) is 2.79. The fourth-order valence-corrected chi connectivity index (χ4v) is 1.46. The molecule has 0 amide bonds. The minimum Gasteiger partial charge on any atom is -0.495 e. The molecule has 60 valence electrons. The first kappa shape index (κ1) is 8.40. The molecule has 1 aromatic carbocycles. The van der Waals surface area contributed by atoms with Gasteiger partial charge in [-0.2, -0.15) is 0 Å².